The van der Waals surface area contributed by atoms with E-state index < -0.39 is 5.82 Å². The van der Waals surface area contributed by atoms with E-state index in [1.54, 1.807) is 6.07 Å². The lowest BCUT2D eigenvalue weighted by Gasteiger charge is -2.10. The average molecular weight is 271 g/mol. The first kappa shape index (κ1) is 14.3. The third-order valence-electron chi connectivity index (χ3n) is 3.47. The fourth-order valence-corrected chi connectivity index (χ4v) is 2.19. The molecule has 0 saturated carbocycles. The van der Waals surface area contributed by atoms with Crippen LogP contribution in [0.2, 0.25) is 0 Å². The fourth-order valence-electron chi connectivity index (χ4n) is 2.19. The molecular weight excluding hydrogens is 253 g/mol. The molecule has 20 heavy (non-hydrogen) atoms. The highest BCUT2D eigenvalue weighted by Gasteiger charge is 2.15. The molecule has 0 spiro atoms. The van der Waals surface area contributed by atoms with E-state index in [1.807, 2.05) is 32.0 Å². The molecule has 0 radical (unpaired) electrons. The van der Waals surface area contributed by atoms with Gasteiger partial charge in [-0.15, -0.1) is 0 Å². The number of rotatable bonds is 4. The normalized spacial score (nSPS) is 10.6. The summed E-state index contributed by atoms with van der Waals surface area (Å²) in [6.07, 6.45) is 1.63. The van der Waals surface area contributed by atoms with E-state index in [-0.39, 0.29) is 11.5 Å². The zero-order chi connectivity index (χ0) is 14.7. The van der Waals surface area contributed by atoms with E-state index in [0.717, 1.165) is 24.0 Å². The summed E-state index contributed by atoms with van der Waals surface area (Å²) in [6, 6.07) is 10.1. The number of aryl methyl sites for hydroxylation is 2. The summed E-state index contributed by atoms with van der Waals surface area (Å²) in [6.45, 7) is 4.04. The van der Waals surface area contributed by atoms with Gasteiger partial charge >= 0.3 is 0 Å². The van der Waals surface area contributed by atoms with Gasteiger partial charge in [-0.3, -0.25) is 4.79 Å². The predicted octanol–water partition coefficient (Wildman–Crippen LogP) is 3.76. The second-order valence-electron chi connectivity index (χ2n) is 4.76. The van der Waals surface area contributed by atoms with Crippen LogP contribution in [0.4, 0.5) is 10.1 Å². The Morgan fingerprint density at radius 3 is 2.45 bits per heavy atom. The van der Waals surface area contributed by atoms with E-state index in [0.29, 0.717) is 11.1 Å². The van der Waals surface area contributed by atoms with Crippen LogP contribution in [0.1, 0.15) is 40.9 Å². The second kappa shape index (κ2) is 5.87. The molecule has 2 rings (SSSR count). The van der Waals surface area contributed by atoms with Crippen LogP contribution in [0.15, 0.2) is 36.4 Å². The van der Waals surface area contributed by atoms with Crippen LogP contribution in [-0.4, -0.2) is 5.78 Å². The molecule has 104 valence electrons. The number of hydrogen-bond donors (Lipinski definition) is 1. The lowest BCUT2D eigenvalue weighted by Crippen LogP contribution is -2.07. The number of benzene rings is 2. The number of anilines is 1. The van der Waals surface area contributed by atoms with E-state index in [2.05, 4.69) is 0 Å². The number of nitrogens with two attached hydrogens (primary N) is 1. The molecule has 0 aromatic heterocycles. The zero-order valence-corrected chi connectivity index (χ0v) is 11.7. The summed E-state index contributed by atoms with van der Waals surface area (Å²) in [4.78, 5) is 12.6. The van der Waals surface area contributed by atoms with Crippen LogP contribution >= 0.6 is 0 Å². The molecule has 2 N–H and O–H groups in total. The van der Waals surface area contributed by atoms with Gasteiger partial charge in [0.1, 0.15) is 5.82 Å². The highest BCUT2D eigenvalue weighted by atomic mass is 19.1. The maximum atomic E-state index is 13.5. The van der Waals surface area contributed by atoms with Crippen LogP contribution < -0.4 is 5.73 Å². The van der Waals surface area contributed by atoms with Crippen molar-refractivity contribution >= 4 is 11.5 Å². The van der Waals surface area contributed by atoms with Gasteiger partial charge in [0.15, 0.2) is 5.78 Å². The Labute approximate surface area is 118 Å². The summed E-state index contributed by atoms with van der Waals surface area (Å²) < 4.78 is 13.5. The van der Waals surface area contributed by atoms with Crippen LogP contribution in [-0.2, 0) is 12.8 Å². The predicted molar refractivity (Wildman–Crippen MR) is 79.4 cm³/mol. The molecule has 0 aliphatic heterocycles. The zero-order valence-electron chi connectivity index (χ0n) is 11.7. The number of carbonyl (C=O) groups excluding carboxylic acids is 1. The summed E-state index contributed by atoms with van der Waals surface area (Å²) in [5.41, 5.74) is 8.56. The Hall–Kier alpha value is -2.16. The maximum Gasteiger partial charge on any atom is 0.193 e. The second-order valence-corrected chi connectivity index (χ2v) is 4.76. The van der Waals surface area contributed by atoms with E-state index >= 15 is 0 Å². The third kappa shape index (κ3) is 2.72. The molecule has 0 atom stereocenters. The van der Waals surface area contributed by atoms with E-state index in [4.69, 9.17) is 5.73 Å². The first-order valence-corrected chi connectivity index (χ1v) is 6.78. The maximum absolute atomic E-state index is 13.5. The van der Waals surface area contributed by atoms with Crippen molar-refractivity contribution in [3.63, 3.8) is 0 Å². The Morgan fingerprint density at radius 1 is 1.10 bits per heavy atom. The van der Waals surface area contributed by atoms with Crippen molar-refractivity contribution in [2.45, 2.75) is 26.7 Å². The number of halogens is 1. The van der Waals surface area contributed by atoms with Crippen molar-refractivity contribution in [2.75, 3.05) is 5.73 Å². The van der Waals surface area contributed by atoms with E-state index in [1.165, 1.54) is 12.1 Å². The molecule has 0 fully saturated rings. The summed E-state index contributed by atoms with van der Waals surface area (Å²) in [5, 5.41) is 0. The largest absolute Gasteiger partial charge is 0.396 e. The quantitative estimate of drug-likeness (QED) is 0.679. The first-order valence-electron chi connectivity index (χ1n) is 6.78. The molecule has 0 amide bonds. The van der Waals surface area contributed by atoms with Gasteiger partial charge in [-0.1, -0.05) is 26.0 Å². The average Bonchev–Trinajstić information content (AvgIpc) is 2.48. The number of hydrogen-bond acceptors (Lipinski definition) is 2. The van der Waals surface area contributed by atoms with Crippen LogP contribution in [0.3, 0.4) is 0 Å². The van der Waals surface area contributed by atoms with Gasteiger partial charge in [0.25, 0.3) is 0 Å². The smallest absolute Gasteiger partial charge is 0.193 e. The Bertz CT molecular complexity index is 649. The lowest BCUT2D eigenvalue weighted by molar-refractivity contribution is 0.103. The van der Waals surface area contributed by atoms with Crippen LogP contribution in [0, 0.1) is 5.82 Å². The van der Waals surface area contributed by atoms with Gasteiger partial charge in [0, 0.05) is 11.1 Å². The van der Waals surface area contributed by atoms with Gasteiger partial charge in [-0.05, 0) is 48.2 Å². The Kier molecular flexibility index (Phi) is 4.18. The highest BCUT2D eigenvalue weighted by molar-refractivity contribution is 6.10. The minimum atomic E-state index is -0.555. The SMILES string of the molecule is CCc1ccc(CC)c(C(=O)c2ccc(N)c(F)c2)c1. The van der Waals surface area contributed by atoms with Gasteiger partial charge in [0.2, 0.25) is 0 Å². The van der Waals surface area contributed by atoms with Crippen LogP contribution in [0.25, 0.3) is 0 Å². The molecule has 0 heterocycles. The minimum Gasteiger partial charge on any atom is -0.396 e. The van der Waals surface area contributed by atoms with Crippen LogP contribution in [0.5, 0.6) is 0 Å². The van der Waals surface area contributed by atoms with Gasteiger partial charge in [-0.25, -0.2) is 4.39 Å². The highest BCUT2D eigenvalue weighted by Crippen LogP contribution is 2.20. The molecule has 0 bridgehead atoms. The van der Waals surface area contributed by atoms with Crippen molar-refractivity contribution < 1.29 is 9.18 Å². The standard InChI is InChI=1S/C17H18FNO/c1-3-11-5-6-12(4-2)14(9-11)17(20)13-7-8-16(19)15(18)10-13/h5-10H,3-4,19H2,1-2H3. The van der Waals surface area contributed by atoms with Crippen molar-refractivity contribution in [1.29, 1.82) is 0 Å². The molecule has 2 aromatic carbocycles. The van der Waals surface area contributed by atoms with Gasteiger partial charge < -0.3 is 5.73 Å². The lowest BCUT2D eigenvalue weighted by atomic mass is 9.94. The van der Waals surface area contributed by atoms with Gasteiger partial charge in [0.05, 0.1) is 5.69 Å². The number of carbonyl (C=O) groups is 1. The van der Waals surface area contributed by atoms with E-state index in [9.17, 15) is 9.18 Å². The summed E-state index contributed by atoms with van der Waals surface area (Å²) in [7, 11) is 0. The first-order chi connectivity index (χ1) is 9.56. The molecule has 0 unspecified atom stereocenters. The Morgan fingerprint density at radius 2 is 1.85 bits per heavy atom. The van der Waals surface area contributed by atoms with Crippen molar-refractivity contribution in [3.05, 3.63) is 64.5 Å². The van der Waals surface area contributed by atoms with Gasteiger partial charge in [-0.2, -0.15) is 0 Å². The van der Waals surface area contributed by atoms with Crippen molar-refractivity contribution in [1.82, 2.24) is 0 Å². The molecule has 2 nitrogen and oxygen atoms in total. The molecule has 0 saturated heterocycles. The number of ketones is 1. The van der Waals surface area contributed by atoms with Crippen molar-refractivity contribution in [3.8, 4) is 0 Å². The minimum absolute atomic E-state index is 0.0552. The molecule has 0 aliphatic carbocycles. The molecule has 2 aromatic rings. The Balaban J connectivity index is 2.48. The summed E-state index contributed by atoms with van der Waals surface area (Å²) in [5.74, 6) is -0.711. The topological polar surface area (TPSA) is 43.1 Å². The monoisotopic (exact) mass is 271 g/mol. The third-order valence-corrected chi connectivity index (χ3v) is 3.47. The molecule has 0 aliphatic rings. The fraction of sp³-hybridized carbons (Fsp3) is 0.235. The number of nitrogen functional groups attached to an aromatic ring is 1. The summed E-state index contributed by atoms with van der Waals surface area (Å²) >= 11 is 0. The molecular formula is C17H18FNO. The van der Waals surface area contributed by atoms with Crippen molar-refractivity contribution in [2.24, 2.45) is 0 Å². The molecule has 3 heteroatoms.